The van der Waals surface area contributed by atoms with Crippen LogP contribution in [0.2, 0.25) is 0 Å². The topological polar surface area (TPSA) is 90.3 Å². The summed E-state index contributed by atoms with van der Waals surface area (Å²) in [6.07, 6.45) is 12.4. The molecule has 178 valence electrons. The Kier molecular flexibility index (Phi) is 9.36. The maximum atomic E-state index is 9.10. The van der Waals surface area contributed by atoms with Gasteiger partial charge in [-0.1, -0.05) is 25.3 Å². The second-order valence-electron chi connectivity index (χ2n) is 9.50. The molecule has 1 saturated heterocycles. The van der Waals surface area contributed by atoms with Crippen molar-refractivity contribution in [1.82, 2.24) is 9.80 Å². The summed E-state index contributed by atoms with van der Waals surface area (Å²) in [5, 5.41) is 14.8. The predicted molar refractivity (Wildman–Crippen MR) is 123 cm³/mol. The lowest BCUT2D eigenvalue weighted by atomic mass is 9.88. The Morgan fingerprint density at radius 2 is 1.69 bits per heavy atom. The molecule has 1 aromatic carbocycles. The third kappa shape index (κ3) is 7.78. The highest BCUT2D eigenvalue weighted by Crippen LogP contribution is 2.29. The molecule has 0 radical (unpaired) electrons. The molecule has 3 aliphatic rings. The second-order valence-corrected chi connectivity index (χ2v) is 9.50. The summed E-state index contributed by atoms with van der Waals surface area (Å²) in [6, 6.07) is 6.88. The first-order valence-corrected chi connectivity index (χ1v) is 12.1. The van der Waals surface area contributed by atoms with Gasteiger partial charge in [0.15, 0.2) is 0 Å². The van der Waals surface area contributed by atoms with Gasteiger partial charge in [0.05, 0.1) is 6.10 Å². The van der Waals surface area contributed by atoms with Crippen LogP contribution >= 0.6 is 0 Å². The van der Waals surface area contributed by atoms with Gasteiger partial charge in [0.1, 0.15) is 5.75 Å². The third-order valence-corrected chi connectivity index (χ3v) is 6.89. The number of benzene rings is 1. The van der Waals surface area contributed by atoms with E-state index in [9.17, 15) is 0 Å². The van der Waals surface area contributed by atoms with Crippen molar-refractivity contribution in [2.45, 2.75) is 70.4 Å². The van der Waals surface area contributed by atoms with Gasteiger partial charge in [0, 0.05) is 26.2 Å². The zero-order chi connectivity index (χ0) is 22.9. The summed E-state index contributed by atoms with van der Waals surface area (Å²) in [5.41, 5.74) is 3.05. The van der Waals surface area contributed by atoms with Crippen molar-refractivity contribution in [1.29, 1.82) is 0 Å². The first-order valence-electron chi connectivity index (χ1n) is 12.1. The van der Waals surface area contributed by atoms with Crippen LogP contribution in [0.4, 0.5) is 0 Å². The van der Waals surface area contributed by atoms with E-state index in [0.717, 1.165) is 31.2 Å². The highest BCUT2D eigenvalue weighted by molar-refractivity contribution is 6.27. The molecule has 7 heteroatoms. The van der Waals surface area contributed by atoms with E-state index >= 15 is 0 Å². The molecule has 1 aromatic rings. The first-order chi connectivity index (χ1) is 15.4. The van der Waals surface area contributed by atoms with E-state index in [2.05, 4.69) is 35.0 Å². The van der Waals surface area contributed by atoms with Crippen LogP contribution in [0.5, 0.6) is 5.75 Å². The monoisotopic (exact) mass is 446 g/mol. The number of hydrogen-bond donors (Lipinski definition) is 2. The minimum Gasteiger partial charge on any atom is -0.490 e. The third-order valence-electron chi connectivity index (χ3n) is 6.89. The molecule has 1 unspecified atom stereocenters. The second kappa shape index (κ2) is 12.2. The number of carbonyl (C=O) groups is 2. The van der Waals surface area contributed by atoms with Gasteiger partial charge in [0.2, 0.25) is 0 Å². The van der Waals surface area contributed by atoms with Crippen LogP contribution in [0.3, 0.4) is 0 Å². The fourth-order valence-electron chi connectivity index (χ4n) is 5.08. The summed E-state index contributed by atoms with van der Waals surface area (Å²) >= 11 is 0. The van der Waals surface area contributed by atoms with E-state index in [0.29, 0.717) is 6.10 Å². The highest BCUT2D eigenvalue weighted by atomic mass is 16.5. The van der Waals surface area contributed by atoms with Crippen molar-refractivity contribution in [3.05, 3.63) is 29.3 Å². The zero-order valence-electron chi connectivity index (χ0n) is 19.3. The molecule has 4 rings (SSSR count). The smallest absolute Gasteiger partial charge is 0.414 e. The average molecular weight is 447 g/mol. The van der Waals surface area contributed by atoms with Gasteiger partial charge in [0.25, 0.3) is 0 Å². The first kappa shape index (κ1) is 24.5. The number of rotatable bonds is 4. The molecule has 32 heavy (non-hydrogen) atoms. The van der Waals surface area contributed by atoms with Gasteiger partial charge in [-0.2, -0.15) is 0 Å². The Hall–Kier alpha value is -2.12. The van der Waals surface area contributed by atoms with Crippen LogP contribution in [0.25, 0.3) is 0 Å². The Morgan fingerprint density at radius 1 is 0.938 bits per heavy atom. The Labute approximate surface area is 191 Å². The van der Waals surface area contributed by atoms with E-state index < -0.39 is 11.9 Å². The van der Waals surface area contributed by atoms with E-state index in [-0.39, 0.29) is 0 Å². The van der Waals surface area contributed by atoms with Crippen molar-refractivity contribution in [2.75, 3.05) is 33.2 Å². The Bertz CT molecular complexity index is 751. The fraction of sp³-hybridized carbons (Fsp3) is 0.680. The molecular weight excluding hydrogens is 408 g/mol. The number of ether oxygens (including phenoxy) is 1. The lowest BCUT2D eigenvalue weighted by Gasteiger charge is -2.33. The van der Waals surface area contributed by atoms with Crippen LogP contribution in [0, 0.1) is 5.92 Å². The molecule has 7 nitrogen and oxygen atoms in total. The van der Waals surface area contributed by atoms with Crippen molar-refractivity contribution in [2.24, 2.45) is 5.92 Å². The standard InChI is InChI=1S/C23H36N2O.C2H2O4/c1-24-13-5-8-22(12-14-24)26-23-10-9-20-11-15-25(18-21(20)16-23)17-19-6-3-2-4-7-19;3-1(4)2(5)6/h9-10,16,19,22H,2-8,11-15,17-18H2,1H3;(H,3,4)(H,5,6). The summed E-state index contributed by atoms with van der Waals surface area (Å²) in [6.45, 7) is 6.03. The molecule has 0 amide bonds. The number of likely N-dealkylation sites (tertiary alicyclic amines) is 1. The number of nitrogens with zero attached hydrogens (tertiary/aromatic N) is 2. The van der Waals surface area contributed by atoms with Crippen LogP contribution in [-0.2, 0) is 22.6 Å². The molecule has 2 heterocycles. The van der Waals surface area contributed by atoms with Crippen LogP contribution < -0.4 is 4.74 Å². The molecule has 1 atom stereocenters. The zero-order valence-corrected chi connectivity index (χ0v) is 19.3. The molecular formula is C25H38N2O5. The van der Waals surface area contributed by atoms with Crippen LogP contribution in [0.15, 0.2) is 18.2 Å². The minimum absolute atomic E-state index is 0.389. The van der Waals surface area contributed by atoms with Crippen molar-refractivity contribution >= 4 is 11.9 Å². The average Bonchev–Trinajstić information content (AvgIpc) is 2.98. The SMILES string of the molecule is CN1CCCC(Oc2ccc3c(c2)CN(CC2CCCCC2)CC3)CC1.O=C(O)C(=O)O. The number of carboxylic acids is 2. The summed E-state index contributed by atoms with van der Waals surface area (Å²) in [7, 11) is 2.22. The van der Waals surface area contributed by atoms with Gasteiger partial charge in [-0.15, -0.1) is 0 Å². The minimum atomic E-state index is -1.82. The van der Waals surface area contributed by atoms with Gasteiger partial charge in [-0.25, -0.2) is 9.59 Å². The Morgan fingerprint density at radius 3 is 2.41 bits per heavy atom. The maximum absolute atomic E-state index is 9.10. The molecule has 2 N–H and O–H groups in total. The van der Waals surface area contributed by atoms with E-state index in [1.54, 1.807) is 0 Å². The van der Waals surface area contributed by atoms with Gasteiger partial charge < -0.3 is 19.8 Å². The summed E-state index contributed by atoms with van der Waals surface area (Å²) in [4.78, 5) is 23.3. The van der Waals surface area contributed by atoms with E-state index in [1.165, 1.54) is 82.1 Å². The molecule has 1 saturated carbocycles. The highest BCUT2D eigenvalue weighted by Gasteiger charge is 2.22. The van der Waals surface area contributed by atoms with E-state index in [4.69, 9.17) is 24.5 Å². The quantitative estimate of drug-likeness (QED) is 0.683. The van der Waals surface area contributed by atoms with Gasteiger partial charge in [-0.3, -0.25) is 4.90 Å². The molecule has 1 aliphatic carbocycles. The summed E-state index contributed by atoms with van der Waals surface area (Å²) in [5.74, 6) is -1.62. The number of fused-ring (bicyclic) bond motifs is 1. The fourth-order valence-corrected chi connectivity index (χ4v) is 5.08. The number of aliphatic carboxylic acids is 2. The van der Waals surface area contributed by atoms with Crippen molar-refractivity contribution < 1.29 is 24.5 Å². The molecule has 0 aromatic heterocycles. The Balaban J connectivity index is 0.000000427. The van der Waals surface area contributed by atoms with Gasteiger partial charge in [-0.05, 0) is 81.3 Å². The lowest BCUT2D eigenvalue weighted by molar-refractivity contribution is -0.159. The largest absolute Gasteiger partial charge is 0.490 e. The van der Waals surface area contributed by atoms with Crippen molar-refractivity contribution in [3.8, 4) is 5.75 Å². The molecule has 0 bridgehead atoms. The summed E-state index contributed by atoms with van der Waals surface area (Å²) < 4.78 is 6.39. The lowest BCUT2D eigenvalue weighted by Crippen LogP contribution is -2.35. The predicted octanol–water partition coefficient (Wildman–Crippen LogP) is 3.64. The molecule has 2 aliphatic heterocycles. The van der Waals surface area contributed by atoms with Crippen molar-refractivity contribution in [3.63, 3.8) is 0 Å². The van der Waals surface area contributed by atoms with Gasteiger partial charge >= 0.3 is 11.9 Å². The molecule has 0 spiro atoms. The van der Waals surface area contributed by atoms with E-state index in [1.807, 2.05) is 0 Å². The number of carboxylic acid groups (broad SMARTS) is 2. The number of hydrogen-bond acceptors (Lipinski definition) is 5. The normalized spacial score (nSPS) is 22.7. The maximum Gasteiger partial charge on any atom is 0.414 e. The van der Waals surface area contributed by atoms with Crippen LogP contribution in [-0.4, -0.2) is 71.3 Å². The van der Waals surface area contributed by atoms with Crippen LogP contribution in [0.1, 0.15) is 62.5 Å². The molecule has 2 fully saturated rings.